The number of rotatable bonds is 7. The molecule has 0 fully saturated rings. The van der Waals surface area contributed by atoms with Crippen molar-refractivity contribution in [2.24, 2.45) is 0 Å². The van der Waals surface area contributed by atoms with Crippen LogP contribution in [0.4, 0.5) is 0 Å². The van der Waals surface area contributed by atoms with Gasteiger partial charge in [-0.05, 0) is 28.5 Å². The van der Waals surface area contributed by atoms with Crippen LogP contribution in [0.15, 0.2) is 18.2 Å². The number of benzene rings is 1. The topological polar surface area (TPSA) is 66.8 Å². The third-order valence-corrected chi connectivity index (χ3v) is 3.26. The first-order chi connectivity index (χ1) is 9.32. The van der Waals surface area contributed by atoms with E-state index >= 15 is 0 Å². The lowest BCUT2D eigenvalue weighted by molar-refractivity contribution is -0.143. The van der Waals surface area contributed by atoms with Crippen molar-refractivity contribution in [3.63, 3.8) is 0 Å². The zero-order valence-corrected chi connectivity index (χ0v) is 12.6. The van der Waals surface area contributed by atoms with Gasteiger partial charge in [-0.15, -0.1) is 0 Å². The molecule has 0 amide bonds. The zero-order valence-electron chi connectivity index (χ0n) is 12.6. The van der Waals surface area contributed by atoms with Crippen molar-refractivity contribution in [2.75, 3.05) is 13.2 Å². The van der Waals surface area contributed by atoms with Gasteiger partial charge in [0.25, 0.3) is 0 Å². The highest BCUT2D eigenvalue weighted by Gasteiger charge is 2.16. The van der Waals surface area contributed by atoms with E-state index in [1.807, 2.05) is 12.1 Å². The molecule has 4 nitrogen and oxygen atoms in total. The monoisotopic (exact) mass is 280 g/mol. The van der Waals surface area contributed by atoms with Crippen LogP contribution in [0.3, 0.4) is 0 Å². The molecule has 0 aromatic heterocycles. The summed E-state index contributed by atoms with van der Waals surface area (Å²) in [5.74, 6) is -0.309. The summed E-state index contributed by atoms with van der Waals surface area (Å²) in [7, 11) is 0. The normalized spacial score (nSPS) is 12.9. The van der Waals surface area contributed by atoms with Crippen molar-refractivity contribution in [2.45, 2.75) is 45.6 Å². The Bertz CT molecular complexity index is 452. The molecular weight excluding hydrogens is 256 g/mol. The Hall–Kier alpha value is -1.39. The van der Waals surface area contributed by atoms with Crippen LogP contribution in [0.1, 0.15) is 62.3 Å². The molecule has 1 rings (SSSR count). The maximum atomic E-state index is 10.4. The zero-order chi connectivity index (χ0) is 15.3. The molecule has 1 unspecified atom stereocenters. The van der Waals surface area contributed by atoms with Crippen LogP contribution < -0.4 is 0 Å². The maximum absolute atomic E-state index is 10.4. The number of aliphatic hydroxyl groups is 1. The van der Waals surface area contributed by atoms with Crippen molar-refractivity contribution in [3.05, 3.63) is 34.9 Å². The summed E-state index contributed by atoms with van der Waals surface area (Å²) >= 11 is 0. The second kappa shape index (κ2) is 7.41. The minimum atomic E-state index is -1.03. The van der Waals surface area contributed by atoms with Crippen molar-refractivity contribution < 1.29 is 19.7 Å². The van der Waals surface area contributed by atoms with Crippen molar-refractivity contribution >= 4 is 5.97 Å². The fraction of sp³-hybridized carbons (Fsp3) is 0.562. The molecule has 0 aliphatic heterocycles. The second-order valence-corrected chi connectivity index (χ2v) is 5.62. The summed E-state index contributed by atoms with van der Waals surface area (Å²) in [4.78, 5) is 10.4. The van der Waals surface area contributed by atoms with Gasteiger partial charge in [-0.3, -0.25) is 0 Å². The van der Waals surface area contributed by atoms with Gasteiger partial charge in [0, 0.05) is 0 Å². The third kappa shape index (κ3) is 4.62. The Kier molecular flexibility index (Phi) is 6.17. The van der Waals surface area contributed by atoms with Gasteiger partial charge in [-0.1, -0.05) is 45.9 Å². The lowest BCUT2D eigenvalue weighted by atomic mass is 9.89. The van der Waals surface area contributed by atoms with Gasteiger partial charge in [0.05, 0.1) is 6.61 Å². The fourth-order valence-corrected chi connectivity index (χ4v) is 2.10. The van der Waals surface area contributed by atoms with Crippen LogP contribution in [0.2, 0.25) is 0 Å². The van der Waals surface area contributed by atoms with E-state index in [9.17, 15) is 9.90 Å². The molecule has 4 heteroatoms. The van der Waals surface area contributed by atoms with Crippen LogP contribution in [0.5, 0.6) is 0 Å². The standard InChI is InChI=1S/C16H24O4/c1-10(2)12-5-6-13(14(7-12)11(3)4)15(17)8-20-9-16(18)19/h5-7,10-11,15,17H,8-9H2,1-4H3,(H,18,19). The Morgan fingerprint density at radius 2 is 1.80 bits per heavy atom. The molecule has 0 saturated carbocycles. The minimum absolute atomic E-state index is 0.00690. The molecule has 0 aliphatic carbocycles. The number of hydrogen-bond donors (Lipinski definition) is 2. The smallest absolute Gasteiger partial charge is 0.329 e. The van der Waals surface area contributed by atoms with Gasteiger partial charge < -0.3 is 14.9 Å². The molecule has 0 bridgehead atoms. The SMILES string of the molecule is CC(C)c1ccc(C(O)COCC(=O)O)c(C(C)C)c1. The summed E-state index contributed by atoms with van der Waals surface area (Å²) in [6, 6.07) is 6.04. The molecule has 0 aliphatic rings. The average molecular weight is 280 g/mol. The Morgan fingerprint density at radius 3 is 2.30 bits per heavy atom. The van der Waals surface area contributed by atoms with Crippen LogP contribution >= 0.6 is 0 Å². The first-order valence-corrected chi connectivity index (χ1v) is 6.94. The van der Waals surface area contributed by atoms with Crippen LogP contribution in [-0.2, 0) is 9.53 Å². The molecule has 1 atom stereocenters. The number of carboxylic acid groups (broad SMARTS) is 1. The number of hydrogen-bond acceptors (Lipinski definition) is 3. The van der Waals surface area contributed by atoms with Gasteiger partial charge in [0.2, 0.25) is 0 Å². The number of carbonyl (C=O) groups is 1. The number of ether oxygens (including phenoxy) is 1. The van der Waals surface area contributed by atoms with Crippen molar-refractivity contribution in [3.8, 4) is 0 Å². The summed E-state index contributed by atoms with van der Waals surface area (Å²) in [5.41, 5.74) is 3.13. The van der Waals surface area contributed by atoms with Crippen LogP contribution in [-0.4, -0.2) is 29.4 Å². The predicted molar refractivity (Wildman–Crippen MR) is 78.0 cm³/mol. The first kappa shape index (κ1) is 16.7. The Morgan fingerprint density at radius 1 is 1.15 bits per heavy atom. The molecule has 2 N–H and O–H groups in total. The van der Waals surface area contributed by atoms with Crippen LogP contribution in [0, 0.1) is 0 Å². The van der Waals surface area contributed by atoms with Gasteiger partial charge in [-0.25, -0.2) is 4.79 Å². The van der Waals surface area contributed by atoms with Crippen molar-refractivity contribution in [1.29, 1.82) is 0 Å². The quantitative estimate of drug-likeness (QED) is 0.805. The summed E-state index contributed by atoms with van der Waals surface area (Å²) < 4.78 is 4.97. The molecule has 1 aromatic rings. The molecule has 1 aromatic carbocycles. The van der Waals surface area contributed by atoms with E-state index in [4.69, 9.17) is 9.84 Å². The largest absolute Gasteiger partial charge is 0.480 e. The highest BCUT2D eigenvalue weighted by Crippen LogP contribution is 2.29. The molecule has 0 radical (unpaired) electrons. The lowest BCUT2D eigenvalue weighted by Crippen LogP contribution is -2.15. The third-order valence-electron chi connectivity index (χ3n) is 3.26. The lowest BCUT2D eigenvalue weighted by Gasteiger charge is -2.20. The fourth-order valence-electron chi connectivity index (χ4n) is 2.10. The van der Waals surface area contributed by atoms with E-state index in [1.54, 1.807) is 0 Å². The molecule has 20 heavy (non-hydrogen) atoms. The summed E-state index contributed by atoms with van der Waals surface area (Å²) in [6.45, 7) is 8.02. The summed E-state index contributed by atoms with van der Waals surface area (Å²) in [5, 5.41) is 18.7. The van der Waals surface area contributed by atoms with Gasteiger partial charge in [-0.2, -0.15) is 0 Å². The van der Waals surface area contributed by atoms with Crippen molar-refractivity contribution in [1.82, 2.24) is 0 Å². The Balaban J connectivity index is 2.90. The van der Waals surface area contributed by atoms with Crippen LogP contribution in [0.25, 0.3) is 0 Å². The molecule has 112 valence electrons. The molecular formula is C16H24O4. The van der Waals surface area contributed by atoms with Gasteiger partial charge >= 0.3 is 5.97 Å². The first-order valence-electron chi connectivity index (χ1n) is 6.94. The van der Waals surface area contributed by atoms with Gasteiger partial charge in [0.1, 0.15) is 12.7 Å². The average Bonchev–Trinajstić information content (AvgIpc) is 2.37. The van der Waals surface area contributed by atoms with Gasteiger partial charge in [0.15, 0.2) is 0 Å². The van der Waals surface area contributed by atoms with E-state index < -0.39 is 18.7 Å². The van der Waals surface area contributed by atoms with E-state index in [0.29, 0.717) is 5.92 Å². The van der Waals surface area contributed by atoms with E-state index in [0.717, 1.165) is 11.1 Å². The predicted octanol–water partition coefficient (Wildman–Crippen LogP) is 3.07. The number of aliphatic hydroxyl groups excluding tert-OH is 1. The summed E-state index contributed by atoms with van der Waals surface area (Å²) in [6.07, 6.45) is -0.798. The highest BCUT2D eigenvalue weighted by molar-refractivity contribution is 5.67. The maximum Gasteiger partial charge on any atom is 0.329 e. The van der Waals surface area contributed by atoms with E-state index in [1.165, 1.54) is 5.56 Å². The number of aliphatic carboxylic acids is 1. The molecule has 0 heterocycles. The minimum Gasteiger partial charge on any atom is -0.480 e. The van der Waals surface area contributed by atoms with E-state index in [2.05, 4.69) is 33.8 Å². The van der Waals surface area contributed by atoms with E-state index in [-0.39, 0.29) is 12.5 Å². The molecule has 0 saturated heterocycles. The Labute approximate surface area is 120 Å². The second-order valence-electron chi connectivity index (χ2n) is 5.62. The molecule has 0 spiro atoms. The number of carboxylic acids is 1. The highest BCUT2D eigenvalue weighted by atomic mass is 16.5.